The first kappa shape index (κ1) is 9.95. The van der Waals surface area contributed by atoms with E-state index >= 15 is 0 Å². The van der Waals surface area contributed by atoms with Gasteiger partial charge >= 0.3 is 0 Å². The zero-order valence-electron chi connectivity index (χ0n) is 10.0. The maximum atomic E-state index is 5.67. The molecule has 1 nitrogen and oxygen atoms in total. The van der Waals surface area contributed by atoms with Crippen LogP contribution in [0.4, 0.5) is 0 Å². The molecule has 2 aliphatic rings. The molecule has 0 saturated carbocycles. The zero-order valence-corrected chi connectivity index (χ0v) is 10.0. The van der Waals surface area contributed by atoms with Crippen LogP contribution in [0.5, 0.6) is 0 Å². The lowest BCUT2D eigenvalue weighted by Crippen LogP contribution is -2.24. The summed E-state index contributed by atoms with van der Waals surface area (Å²) in [4.78, 5) is 0. The molecule has 0 amide bonds. The largest absolute Gasteiger partial charge is 0.468 e. The van der Waals surface area contributed by atoms with Gasteiger partial charge in [-0.25, -0.2) is 0 Å². The van der Waals surface area contributed by atoms with E-state index in [1.54, 1.807) is 0 Å². The highest BCUT2D eigenvalue weighted by molar-refractivity contribution is 5.76. The van der Waals surface area contributed by atoms with Crippen LogP contribution in [0.2, 0.25) is 0 Å². The van der Waals surface area contributed by atoms with Crippen LogP contribution in [0.15, 0.2) is 28.9 Å². The van der Waals surface area contributed by atoms with Crippen molar-refractivity contribution in [3.63, 3.8) is 0 Å². The molecular weight excluding hydrogens is 196 g/mol. The van der Waals surface area contributed by atoms with Crippen LogP contribution in [-0.4, -0.2) is 0 Å². The van der Waals surface area contributed by atoms with Crippen molar-refractivity contribution in [2.75, 3.05) is 0 Å². The molecule has 1 aromatic rings. The molecule has 1 aromatic heterocycles. The quantitative estimate of drug-likeness (QED) is 0.633. The third-order valence-corrected chi connectivity index (χ3v) is 4.07. The third-order valence-electron chi connectivity index (χ3n) is 4.07. The molecule has 0 bridgehead atoms. The Balaban J connectivity index is 2.19. The molecule has 0 fully saturated rings. The highest BCUT2D eigenvalue weighted by atomic mass is 16.3. The molecule has 1 heterocycles. The van der Waals surface area contributed by atoms with Crippen LogP contribution >= 0.6 is 0 Å². The molecule has 0 N–H and O–H groups in total. The molecule has 1 heteroatoms. The second-order valence-electron chi connectivity index (χ2n) is 5.30. The number of fused-ring (bicyclic) bond motifs is 3. The summed E-state index contributed by atoms with van der Waals surface area (Å²) in [5, 5.41) is 0. The van der Waals surface area contributed by atoms with Crippen LogP contribution in [0.3, 0.4) is 0 Å². The van der Waals surface area contributed by atoms with Gasteiger partial charge in [0.2, 0.25) is 0 Å². The van der Waals surface area contributed by atoms with Crippen LogP contribution in [0.25, 0.3) is 5.57 Å². The number of aryl methyl sites for hydroxylation is 1. The number of furan rings is 1. The van der Waals surface area contributed by atoms with E-state index < -0.39 is 0 Å². The van der Waals surface area contributed by atoms with Gasteiger partial charge in [-0.3, -0.25) is 0 Å². The summed E-state index contributed by atoms with van der Waals surface area (Å²) in [6.45, 7) is 8.60. The van der Waals surface area contributed by atoms with Gasteiger partial charge in [0.25, 0.3) is 0 Å². The van der Waals surface area contributed by atoms with Gasteiger partial charge in [-0.2, -0.15) is 0 Å². The lowest BCUT2D eigenvalue weighted by Gasteiger charge is -2.34. The Bertz CT molecular complexity index is 476. The van der Waals surface area contributed by atoms with Crippen molar-refractivity contribution >= 4 is 5.57 Å². The Hall–Kier alpha value is -1.24. The summed E-state index contributed by atoms with van der Waals surface area (Å²) in [5.41, 5.74) is 5.42. The SMILES string of the molecule is C=C1C=C2c3c(C)coc3C[C@@H](C)[C@@H]2CC1. The maximum absolute atomic E-state index is 5.67. The summed E-state index contributed by atoms with van der Waals surface area (Å²) in [6, 6.07) is 0. The molecule has 84 valence electrons. The van der Waals surface area contributed by atoms with Gasteiger partial charge in [0, 0.05) is 12.0 Å². The predicted octanol–water partition coefficient (Wildman–Crippen LogP) is 4.13. The Morgan fingerprint density at radius 1 is 1.44 bits per heavy atom. The Labute approximate surface area is 96.8 Å². The van der Waals surface area contributed by atoms with E-state index in [4.69, 9.17) is 4.42 Å². The minimum atomic E-state index is 0.706. The van der Waals surface area contributed by atoms with Crippen molar-refractivity contribution in [1.82, 2.24) is 0 Å². The van der Waals surface area contributed by atoms with E-state index in [-0.39, 0.29) is 0 Å². The standard InChI is InChI=1S/C15H18O/c1-9-4-5-12-10(2)7-14-15(13(12)6-9)11(3)8-16-14/h6,8,10,12H,1,4-5,7H2,2-3H3/t10-,12+/m1/s1. The molecule has 3 rings (SSSR count). The van der Waals surface area contributed by atoms with Crippen LogP contribution in [0.1, 0.15) is 36.7 Å². The summed E-state index contributed by atoms with van der Waals surface area (Å²) in [6.07, 6.45) is 7.71. The highest BCUT2D eigenvalue weighted by Crippen LogP contribution is 2.46. The highest BCUT2D eigenvalue weighted by Gasteiger charge is 2.34. The topological polar surface area (TPSA) is 13.1 Å². The van der Waals surface area contributed by atoms with Gasteiger partial charge < -0.3 is 4.42 Å². The molecular formula is C15H18O. The van der Waals surface area contributed by atoms with Crippen molar-refractivity contribution in [2.24, 2.45) is 11.8 Å². The van der Waals surface area contributed by atoms with Gasteiger partial charge in [-0.05, 0) is 42.7 Å². The van der Waals surface area contributed by atoms with E-state index in [1.165, 1.54) is 34.5 Å². The molecule has 0 unspecified atom stereocenters. The summed E-state index contributed by atoms with van der Waals surface area (Å²) in [7, 11) is 0. The Kier molecular flexibility index (Phi) is 2.10. The summed E-state index contributed by atoms with van der Waals surface area (Å²) in [5.74, 6) is 2.61. The number of allylic oxidation sites excluding steroid dienone is 3. The molecule has 0 radical (unpaired) electrons. The average molecular weight is 214 g/mol. The smallest absolute Gasteiger partial charge is 0.111 e. The van der Waals surface area contributed by atoms with Crippen molar-refractivity contribution in [1.29, 1.82) is 0 Å². The fourth-order valence-electron chi connectivity index (χ4n) is 3.21. The third kappa shape index (κ3) is 1.31. The Morgan fingerprint density at radius 2 is 2.25 bits per heavy atom. The van der Waals surface area contributed by atoms with Crippen molar-refractivity contribution in [2.45, 2.75) is 33.1 Å². The second kappa shape index (κ2) is 3.38. The molecule has 2 atom stereocenters. The number of hydrogen-bond donors (Lipinski definition) is 0. The second-order valence-corrected chi connectivity index (χ2v) is 5.30. The first-order chi connectivity index (χ1) is 7.66. The van der Waals surface area contributed by atoms with Gasteiger partial charge in [0.15, 0.2) is 0 Å². The van der Waals surface area contributed by atoms with Gasteiger partial charge in [0.05, 0.1) is 6.26 Å². The summed E-state index contributed by atoms with van der Waals surface area (Å²) < 4.78 is 5.67. The van der Waals surface area contributed by atoms with E-state index in [0.717, 1.165) is 12.8 Å². The van der Waals surface area contributed by atoms with Gasteiger partial charge in [-0.15, -0.1) is 0 Å². The molecule has 0 aliphatic heterocycles. The normalized spacial score (nSPS) is 28.4. The monoisotopic (exact) mass is 214 g/mol. The summed E-state index contributed by atoms with van der Waals surface area (Å²) >= 11 is 0. The molecule has 0 aromatic carbocycles. The molecule has 0 saturated heterocycles. The van der Waals surface area contributed by atoms with E-state index in [1.807, 2.05) is 6.26 Å². The van der Waals surface area contributed by atoms with Crippen LogP contribution in [0, 0.1) is 18.8 Å². The average Bonchev–Trinajstić information content (AvgIpc) is 2.60. The maximum Gasteiger partial charge on any atom is 0.111 e. The lowest BCUT2D eigenvalue weighted by molar-refractivity contribution is 0.359. The molecule has 16 heavy (non-hydrogen) atoms. The lowest BCUT2D eigenvalue weighted by atomic mass is 9.70. The van der Waals surface area contributed by atoms with Crippen LogP contribution in [-0.2, 0) is 6.42 Å². The molecule has 0 spiro atoms. The minimum absolute atomic E-state index is 0.706. The van der Waals surface area contributed by atoms with Crippen molar-refractivity contribution in [3.05, 3.63) is 41.4 Å². The van der Waals surface area contributed by atoms with Gasteiger partial charge in [-0.1, -0.05) is 25.2 Å². The van der Waals surface area contributed by atoms with E-state index in [9.17, 15) is 0 Å². The van der Waals surface area contributed by atoms with E-state index in [0.29, 0.717) is 11.8 Å². The first-order valence-corrected chi connectivity index (χ1v) is 6.13. The minimum Gasteiger partial charge on any atom is -0.468 e. The van der Waals surface area contributed by atoms with E-state index in [2.05, 4.69) is 26.5 Å². The van der Waals surface area contributed by atoms with Crippen molar-refractivity contribution in [3.8, 4) is 0 Å². The fourth-order valence-corrected chi connectivity index (χ4v) is 3.21. The van der Waals surface area contributed by atoms with Crippen molar-refractivity contribution < 1.29 is 4.42 Å². The zero-order chi connectivity index (χ0) is 11.3. The van der Waals surface area contributed by atoms with Gasteiger partial charge in [0.1, 0.15) is 5.76 Å². The number of rotatable bonds is 0. The first-order valence-electron chi connectivity index (χ1n) is 6.13. The molecule has 2 aliphatic carbocycles. The number of hydrogen-bond acceptors (Lipinski definition) is 1. The van der Waals surface area contributed by atoms with Crippen LogP contribution < -0.4 is 0 Å². The predicted molar refractivity (Wildman–Crippen MR) is 66.2 cm³/mol. The fraction of sp³-hybridized carbons (Fsp3) is 0.467. The Morgan fingerprint density at radius 3 is 3.06 bits per heavy atom.